The molecule has 17 heavy (non-hydrogen) atoms. The number of aldehydes is 1. The second-order valence-corrected chi connectivity index (χ2v) is 3.88. The molecule has 0 spiro atoms. The van der Waals surface area contributed by atoms with Crippen molar-refractivity contribution in [3.8, 4) is 0 Å². The third-order valence-corrected chi connectivity index (χ3v) is 2.34. The summed E-state index contributed by atoms with van der Waals surface area (Å²) < 4.78 is 5.21. The van der Waals surface area contributed by atoms with Gasteiger partial charge in [-0.15, -0.1) is 0 Å². The van der Waals surface area contributed by atoms with Crippen LogP contribution in [0.5, 0.6) is 0 Å². The fraction of sp³-hybridized carbons (Fsp3) is 0.214. The fourth-order valence-corrected chi connectivity index (χ4v) is 1.39. The number of nitrogen functional groups attached to an aromatic ring is 1. The Morgan fingerprint density at radius 1 is 1.18 bits per heavy atom. The lowest BCUT2D eigenvalue weighted by molar-refractivity contribution is 0.112. The number of hydrogen-bond donors (Lipinski definition) is 1. The number of aryl methyl sites for hydroxylation is 3. The maximum Gasteiger partial charge on any atom is 0.150 e. The van der Waals surface area contributed by atoms with Crippen LogP contribution in [0.1, 0.15) is 27.4 Å². The fourth-order valence-electron chi connectivity index (χ4n) is 1.39. The average molecular weight is 231 g/mol. The summed E-state index contributed by atoms with van der Waals surface area (Å²) in [6.07, 6.45) is 0.774. The van der Waals surface area contributed by atoms with Gasteiger partial charge in [-0.3, -0.25) is 4.79 Å². The Labute approximate surface area is 101 Å². The predicted molar refractivity (Wildman–Crippen MR) is 69.2 cm³/mol. The Kier molecular flexibility index (Phi) is 4.52. The molecule has 0 saturated carbocycles. The zero-order chi connectivity index (χ0) is 12.8. The molecule has 3 nitrogen and oxygen atoms in total. The van der Waals surface area contributed by atoms with E-state index in [-0.39, 0.29) is 0 Å². The summed E-state index contributed by atoms with van der Waals surface area (Å²) in [7, 11) is 0. The van der Waals surface area contributed by atoms with Crippen molar-refractivity contribution in [2.75, 3.05) is 5.73 Å². The number of rotatable bonds is 1. The van der Waals surface area contributed by atoms with Crippen LogP contribution in [0.4, 0.5) is 5.69 Å². The number of nitrogens with two attached hydrogens (primary N) is 1. The van der Waals surface area contributed by atoms with Crippen molar-refractivity contribution in [3.63, 3.8) is 0 Å². The minimum atomic E-state index is 0.620. The van der Waals surface area contributed by atoms with Gasteiger partial charge in [-0.2, -0.15) is 0 Å². The second kappa shape index (κ2) is 5.89. The lowest BCUT2D eigenvalue weighted by atomic mass is 10.2. The molecule has 0 unspecified atom stereocenters. The number of hydrogen-bond acceptors (Lipinski definition) is 3. The molecule has 0 aliphatic carbocycles. The van der Waals surface area contributed by atoms with E-state index in [0.717, 1.165) is 17.8 Å². The van der Waals surface area contributed by atoms with Crippen molar-refractivity contribution in [2.45, 2.75) is 20.8 Å². The van der Waals surface area contributed by atoms with Gasteiger partial charge >= 0.3 is 0 Å². The number of benzene rings is 1. The molecule has 0 aliphatic rings. The van der Waals surface area contributed by atoms with Gasteiger partial charge in [0.05, 0.1) is 0 Å². The first-order valence-corrected chi connectivity index (χ1v) is 5.37. The highest BCUT2D eigenvalue weighted by Gasteiger charge is 1.95. The molecule has 1 aromatic carbocycles. The van der Waals surface area contributed by atoms with E-state index >= 15 is 0 Å². The molecular formula is C14H17NO2. The van der Waals surface area contributed by atoms with Gasteiger partial charge in [-0.25, -0.2) is 0 Å². The second-order valence-electron chi connectivity index (χ2n) is 3.88. The van der Waals surface area contributed by atoms with Crippen LogP contribution in [0.2, 0.25) is 0 Å². The van der Waals surface area contributed by atoms with Crippen LogP contribution < -0.4 is 5.73 Å². The van der Waals surface area contributed by atoms with Crippen molar-refractivity contribution in [3.05, 3.63) is 53.0 Å². The summed E-state index contributed by atoms with van der Waals surface area (Å²) in [5.74, 6) is 2.03. The highest BCUT2D eigenvalue weighted by atomic mass is 16.3. The monoisotopic (exact) mass is 231 g/mol. The SMILES string of the molecule is Cc1cc(C)c(C)o1.Nc1cccc(C=O)c1. The number of anilines is 1. The lowest BCUT2D eigenvalue weighted by Gasteiger charge is -1.90. The normalized spacial score (nSPS) is 9.35. The van der Waals surface area contributed by atoms with Crippen LogP contribution in [0.3, 0.4) is 0 Å². The Morgan fingerprint density at radius 3 is 2.18 bits per heavy atom. The van der Waals surface area contributed by atoms with Gasteiger partial charge < -0.3 is 10.2 Å². The number of carbonyl (C=O) groups excluding carboxylic acids is 1. The molecule has 1 aromatic heterocycles. The summed E-state index contributed by atoms with van der Waals surface area (Å²) in [6.45, 7) is 5.98. The number of furan rings is 1. The van der Waals surface area contributed by atoms with Crippen LogP contribution in [0.15, 0.2) is 34.7 Å². The van der Waals surface area contributed by atoms with Crippen LogP contribution in [-0.4, -0.2) is 6.29 Å². The molecule has 1 heterocycles. The molecule has 0 amide bonds. The zero-order valence-electron chi connectivity index (χ0n) is 10.4. The molecule has 0 saturated heterocycles. The largest absolute Gasteiger partial charge is 0.466 e. The van der Waals surface area contributed by atoms with E-state index in [0.29, 0.717) is 11.3 Å². The molecule has 2 N–H and O–H groups in total. The van der Waals surface area contributed by atoms with Crippen molar-refractivity contribution in [1.29, 1.82) is 0 Å². The molecular weight excluding hydrogens is 214 g/mol. The van der Waals surface area contributed by atoms with Crippen LogP contribution in [0.25, 0.3) is 0 Å². The van der Waals surface area contributed by atoms with E-state index in [1.165, 1.54) is 5.56 Å². The van der Waals surface area contributed by atoms with Gasteiger partial charge in [-0.05, 0) is 44.5 Å². The Morgan fingerprint density at radius 2 is 1.88 bits per heavy atom. The van der Waals surface area contributed by atoms with E-state index in [9.17, 15) is 4.79 Å². The third kappa shape index (κ3) is 4.15. The summed E-state index contributed by atoms with van der Waals surface area (Å²) in [5.41, 5.74) is 7.86. The standard InChI is InChI=1S/C7H7NO.C7H10O/c8-7-3-1-2-6(4-7)5-9;1-5-4-6(2)8-7(5)3/h1-5H,8H2;4H,1-3H3. The minimum Gasteiger partial charge on any atom is -0.466 e. The van der Waals surface area contributed by atoms with Gasteiger partial charge in [0.25, 0.3) is 0 Å². The van der Waals surface area contributed by atoms with E-state index in [4.69, 9.17) is 10.2 Å². The van der Waals surface area contributed by atoms with Crippen molar-refractivity contribution in [1.82, 2.24) is 0 Å². The highest BCUT2D eigenvalue weighted by Crippen LogP contribution is 2.10. The first-order valence-electron chi connectivity index (χ1n) is 5.37. The maximum atomic E-state index is 10.1. The van der Waals surface area contributed by atoms with Gasteiger partial charge in [0.15, 0.2) is 0 Å². The third-order valence-electron chi connectivity index (χ3n) is 2.34. The molecule has 0 atom stereocenters. The first kappa shape index (κ1) is 13.0. The smallest absolute Gasteiger partial charge is 0.150 e. The Hall–Kier alpha value is -2.03. The lowest BCUT2D eigenvalue weighted by Crippen LogP contribution is -1.85. The van der Waals surface area contributed by atoms with Crippen molar-refractivity contribution >= 4 is 12.0 Å². The molecule has 0 radical (unpaired) electrons. The minimum absolute atomic E-state index is 0.620. The molecule has 90 valence electrons. The zero-order valence-corrected chi connectivity index (χ0v) is 10.4. The van der Waals surface area contributed by atoms with Crippen LogP contribution >= 0.6 is 0 Å². The van der Waals surface area contributed by atoms with Gasteiger partial charge in [-0.1, -0.05) is 12.1 Å². The van der Waals surface area contributed by atoms with E-state index in [1.54, 1.807) is 24.3 Å². The molecule has 0 bridgehead atoms. The van der Waals surface area contributed by atoms with Gasteiger partial charge in [0.2, 0.25) is 0 Å². The van der Waals surface area contributed by atoms with Crippen molar-refractivity contribution in [2.24, 2.45) is 0 Å². The van der Waals surface area contributed by atoms with Crippen LogP contribution in [-0.2, 0) is 0 Å². The summed E-state index contributed by atoms with van der Waals surface area (Å²) >= 11 is 0. The Bertz CT molecular complexity index is 481. The maximum absolute atomic E-state index is 10.1. The van der Waals surface area contributed by atoms with E-state index in [2.05, 4.69) is 0 Å². The average Bonchev–Trinajstić information content (AvgIpc) is 2.57. The predicted octanol–water partition coefficient (Wildman–Crippen LogP) is 3.29. The summed E-state index contributed by atoms with van der Waals surface area (Å²) in [4.78, 5) is 10.1. The summed E-state index contributed by atoms with van der Waals surface area (Å²) in [5, 5.41) is 0. The Balaban J connectivity index is 0.000000171. The highest BCUT2D eigenvalue weighted by molar-refractivity contribution is 5.76. The van der Waals surface area contributed by atoms with Crippen LogP contribution in [0, 0.1) is 20.8 Å². The number of carbonyl (C=O) groups is 1. The summed E-state index contributed by atoms with van der Waals surface area (Å²) in [6, 6.07) is 8.87. The molecule has 2 rings (SSSR count). The van der Waals surface area contributed by atoms with E-state index < -0.39 is 0 Å². The molecule has 3 heteroatoms. The molecule has 2 aromatic rings. The molecule has 0 aliphatic heterocycles. The van der Waals surface area contributed by atoms with Gasteiger partial charge in [0.1, 0.15) is 17.8 Å². The topological polar surface area (TPSA) is 56.2 Å². The van der Waals surface area contributed by atoms with E-state index in [1.807, 2.05) is 26.8 Å². The first-order chi connectivity index (χ1) is 8.02. The van der Waals surface area contributed by atoms with Gasteiger partial charge in [0, 0.05) is 11.3 Å². The van der Waals surface area contributed by atoms with Crippen molar-refractivity contribution < 1.29 is 9.21 Å². The quantitative estimate of drug-likeness (QED) is 0.605. The molecule has 0 fully saturated rings.